The van der Waals surface area contributed by atoms with Gasteiger partial charge in [-0.1, -0.05) is 81.4 Å². The largest absolute Gasteiger partial charge is 0.406 e. The number of benzene rings is 2. The minimum atomic E-state index is -2.57. The SMILES string of the molecule is Cc1cn(C2CC(CP(C)(=O)C(C)(C)C)C(CO[Si](C)(c3ccccc3)c3ccccc3)O2)c(=O)nc1N. The van der Waals surface area contributed by atoms with E-state index in [0.717, 1.165) is 0 Å². The third-order valence-electron chi connectivity index (χ3n) is 8.03. The molecule has 1 saturated heterocycles. The molecule has 2 heterocycles. The average molecular weight is 554 g/mol. The molecule has 1 fully saturated rings. The van der Waals surface area contributed by atoms with E-state index in [1.54, 1.807) is 6.20 Å². The molecular formula is C29H40N3O4PSi. The van der Waals surface area contributed by atoms with E-state index < -0.39 is 27.4 Å². The number of anilines is 1. The number of hydrogen-bond acceptors (Lipinski definition) is 6. The summed E-state index contributed by atoms with van der Waals surface area (Å²) in [6.07, 6.45) is 1.94. The minimum Gasteiger partial charge on any atom is -0.406 e. The van der Waals surface area contributed by atoms with E-state index in [9.17, 15) is 9.36 Å². The Balaban J connectivity index is 1.66. The van der Waals surface area contributed by atoms with Gasteiger partial charge in [0.15, 0.2) is 0 Å². The molecule has 1 aliphatic heterocycles. The molecule has 38 heavy (non-hydrogen) atoms. The van der Waals surface area contributed by atoms with Gasteiger partial charge in [-0.2, -0.15) is 4.98 Å². The number of ether oxygens (including phenoxy) is 1. The molecule has 0 amide bonds. The van der Waals surface area contributed by atoms with E-state index in [4.69, 9.17) is 14.9 Å². The number of aromatic nitrogens is 2. The van der Waals surface area contributed by atoms with Gasteiger partial charge in [-0.3, -0.25) is 4.57 Å². The van der Waals surface area contributed by atoms with Crippen LogP contribution in [0.25, 0.3) is 0 Å². The number of nitrogens with two attached hydrogens (primary N) is 1. The van der Waals surface area contributed by atoms with Gasteiger partial charge in [0, 0.05) is 23.1 Å². The van der Waals surface area contributed by atoms with Crippen LogP contribution in [0.5, 0.6) is 0 Å². The highest BCUT2D eigenvalue weighted by atomic mass is 31.2. The second-order valence-electron chi connectivity index (χ2n) is 11.7. The molecule has 4 unspecified atom stereocenters. The Labute approximate surface area is 226 Å². The number of rotatable bonds is 8. The molecule has 0 radical (unpaired) electrons. The first-order valence-electron chi connectivity index (χ1n) is 13.1. The molecule has 1 aliphatic rings. The fourth-order valence-electron chi connectivity index (χ4n) is 4.93. The monoisotopic (exact) mass is 553 g/mol. The fraction of sp³-hybridized carbons (Fsp3) is 0.448. The molecule has 0 saturated carbocycles. The first kappa shape index (κ1) is 28.5. The lowest BCUT2D eigenvalue weighted by Crippen LogP contribution is -2.59. The van der Waals surface area contributed by atoms with Crippen molar-refractivity contribution >= 4 is 31.7 Å². The van der Waals surface area contributed by atoms with Gasteiger partial charge in [-0.25, -0.2) is 4.79 Å². The molecular weight excluding hydrogens is 513 g/mol. The third-order valence-corrected chi connectivity index (χ3v) is 15.7. The zero-order valence-electron chi connectivity index (χ0n) is 23.3. The zero-order chi connectivity index (χ0) is 27.7. The second kappa shape index (κ2) is 10.9. The quantitative estimate of drug-likeness (QED) is 0.331. The normalized spacial score (nSPS) is 21.8. The number of nitrogen functional groups attached to an aromatic ring is 1. The molecule has 7 nitrogen and oxygen atoms in total. The van der Waals surface area contributed by atoms with Crippen LogP contribution in [0.1, 0.15) is 39.0 Å². The Morgan fingerprint density at radius 2 is 1.66 bits per heavy atom. The number of nitrogens with zero attached hydrogens (tertiary/aromatic N) is 2. The summed E-state index contributed by atoms with van der Waals surface area (Å²) in [6.45, 7) is 12.3. The molecule has 204 valence electrons. The predicted octanol–water partition coefficient (Wildman–Crippen LogP) is 4.24. The molecule has 4 rings (SSSR count). The zero-order valence-corrected chi connectivity index (χ0v) is 25.2. The first-order valence-corrected chi connectivity index (χ1v) is 17.9. The van der Waals surface area contributed by atoms with Crippen LogP contribution in [0.4, 0.5) is 5.82 Å². The predicted molar refractivity (Wildman–Crippen MR) is 158 cm³/mol. The van der Waals surface area contributed by atoms with Crippen LogP contribution in [0, 0.1) is 12.8 Å². The fourth-order valence-corrected chi connectivity index (χ4v) is 9.58. The van der Waals surface area contributed by atoms with Gasteiger partial charge < -0.3 is 19.5 Å². The molecule has 3 aromatic rings. The van der Waals surface area contributed by atoms with Crippen LogP contribution in [-0.4, -0.2) is 48.6 Å². The van der Waals surface area contributed by atoms with Gasteiger partial charge in [-0.15, -0.1) is 0 Å². The molecule has 1 aromatic heterocycles. The van der Waals surface area contributed by atoms with Crippen molar-refractivity contribution in [3.8, 4) is 0 Å². The number of hydrogen-bond donors (Lipinski definition) is 1. The van der Waals surface area contributed by atoms with Crippen molar-refractivity contribution in [1.29, 1.82) is 0 Å². The van der Waals surface area contributed by atoms with Gasteiger partial charge in [0.1, 0.15) is 12.0 Å². The second-order valence-corrected chi connectivity index (χ2v) is 19.1. The van der Waals surface area contributed by atoms with Gasteiger partial charge >= 0.3 is 5.69 Å². The molecule has 4 atom stereocenters. The Morgan fingerprint density at radius 1 is 1.11 bits per heavy atom. The highest BCUT2D eigenvalue weighted by Crippen LogP contribution is 2.57. The van der Waals surface area contributed by atoms with Crippen molar-refractivity contribution in [3.05, 3.63) is 82.9 Å². The van der Waals surface area contributed by atoms with Crippen molar-refractivity contribution < 1.29 is 13.7 Å². The number of aryl methyl sites for hydroxylation is 1. The van der Waals surface area contributed by atoms with Crippen molar-refractivity contribution in [3.63, 3.8) is 0 Å². The summed E-state index contributed by atoms with van der Waals surface area (Å²) in [5, 5.41) is 2.01. The molecule has 0 bridgehead atoms. The van der Waals surface area contributed by atoms with Crippen LogP contribution < -0.4 is 21.8 Å². The summed E-state index contributed by atoms with van der Waals surface area (Å²) in [5.41, 5.74) is 6.14. The van der Waals surface area contributed by atoms with E-state index in [0.29, 0.717) is 24.8 Å². The summed E-state index contributed by atoms with van der Waals surface area (Å²) in [6, 6.07) is 20.7. The van der Waals surface area contributed by atoms with E-state index in [1.165, 1.54) is 14.9 Å². The van der Waals surface area contributed by atoms with Crippen molar-refractivity contribution in [2.75, 3.05) is 25.2 Å². The summed E-state index contributed by atoms with van der Waals surface area (Å²) >= 11 is 0. The van der Waals surface area contributed by atoms with Crippen LogP contribution in [0.3, 0.4) is 0 Å². The Kier molecular flexibility index (Phi) is 8.19. The maximum atomic E-state index is 13.8. The van der Waals surface area contributed by atoms with Crippen molar-refractivity contribution in [1.82, 2.24) is 9.55 Å². The lowest BCUT2D eigenvalue weighted by molar-refractivity contribution is -0.0271. The Bertz CT molecular complexity index is 1320. The van der Waals surface area contributed by atoms with Gasteiger partial charge in [-0.05, 0) is 42.8 Å². The average Bonchev–Trinajstić information content (AvgIpc) is 3.26. The lowest BCUT2D eigenvalue weighted by Gasteiger charge is -2.33. The highest BCUT2D eigenvalue weighted by Gasteiger charge is 2.44. The van der Waals surface area contributed by atoms with E-state index in [1.807, 2.05) is 70.8 Å². The summed E-state index contributed by atoms with van der Waals surface area (Å²) in [5.74, 6) is 0.184. The molecule has 9 heteroatoms. The Hall–Kier alpha value is -2.51. The Morgan fingerprint density at radius 3 is 2.18 bits per heavy atom. The van der Waals surface area contributed by atoms with E-state index in [2.05, 4.69) is 35.8 Å². The summed E-state index contributed by atoms with van der Waals surface area (Å²) in [7, 11) is -5.11. The van der Waals surface area contributed by atoms with Crippen molar-refractivity contribution in [2.45, 2.75) is 58.2 Å². The van der Waals surface area contributed by atoms with Crippen LogP contribution >= 0.6 is 7.14 Å². The van der Waals surface area contributed by atoms with Crippen molar-refractivity contribution in [2.24, 2.45) is 5.92 Å². The van der Waals surface area contributed by atoms with E-state index >= 15 is 0 Å². The van der Waals surface area contributed by atoms with Crippen LogP contribution in [-0.2, 0) is 13.7 Å². The third kappa shape index (κ3) is 5.89. The minimum absolute atomic E-state index is 0.0374. The van der Waals surface area contributed by atoms with Gasteiger partial charge in [0.25, 0.3) is 8.32 Å². The van der Waals surface area contributed by atoms with Crippen LogP contribution in [0.2, 0.25) is 6.55 Å². The van der Waals surface area contributed by atoms with Gasteiger partial charge in [0.05, 0.1) is 19.9 Å². The maximum absolute atomic E-state index is 13.8. The molecule has 2 aromatic carbocycles. The van der Waals surface area contributed by atoms with E-state index in [-0.39, 0.29) is 23.0 Å². The topological polar surface area (TPSA) is 96.4 Å². The molecule has 0 spiro atoms. The van der Waals surface area contributed by atoms with Crippen LogP contribution in [0.15, 0.2) is 71.7 Å². The lowest BCUT2D eigenvalue weighted by atomic mass is 10.0. The maximum Gasteiger partial charge on any atom is 0.351 e. The summed E-state index contributed by atoms with van der Waals surface area (Å²) < 4.78 is 28.7. The standard InChI is InChI=1S/C29H40N3O4PSi/c1-21-18-32(28(33)31-27(21)30)26-17-22(20-37(5,34)29(2,3)4)25(36-26)19-35-38(6,23-13-9-7-10-14-23)24-15-11-8-12-16-24/h7-16,18,22,25-26H,17,19-20H2,1-6H3,(H2,30,31,33). The first-order chi connectivity index (χ1) is 17.8. The smallest absolute Gasteiger partial charge is 0.351 e. The molecule has 0 aliphatic carbocycles. The molecule has 2 N–H and O–H groups in total. The van der Waals surface area contributed by atoms with Gasteiger partial charge in [0.2, 0.25) is 0 Å². The highest BCUT2D eigenvalue weighted by molar-refractivity contribution is 7.64. The summed E-state index contributed by atoms with van der Waals surface area (Å²) in [4.78, 5) is 16.7.